The number of aryl methyl sites for hydroxylation is 2. The third kappa shape index (κ3) is 3.18. The van der Waals surface area contributed by atoms with E-state index in [4.69, 9.17) is 0 Å². The fraction of sp³-hybridized carbons (Fsp3) is 0.200. The van der Waals surface area contributed by atoms with Crippen molar-refractivity contribution in [2.75, 3.05) is 10.6 Å². The Labute approximate surface area is 159 Å². The van der Waals surface area contributed by atoms with Crippen molar-refractivity contribution in [3.05, 3.63) is 68.2 Å². The zero-order chi connectivity index (χ0) is 18.1. The number of para-hydroxylation sites is 1. The van der Waals surface area contributed by atoms with Crippen LogP contribution in [-0.4, -0.2) is 11.8 Å². The van der Waals surface area contributed by atoms with E-state index in [1.807, 2.05) is 42.6 Å². The number of fused-ring (bicyclic) bond motifs is 1. The van der Waals surface area contributed by atoms with Crippen molar-refractivity contribution in [3.63, 3.8) is 0 Å². The normalized spacial score (nSPS) is 12.7. The number of carbonyl (C=O) groups is 2. The molecule has 2 heterocycles. The highest BCUT2D eigenvalue weighted by atomic mass is 32.1. The first kappa shape index (κ1) is 17.0. The minimum Gasteiger partial charge on any atom is -0.322 e. The zero-order valence-electron chi connectivity index (χ0n) is 14.3. The van der Waals surface area contributed by atoms with Gasteiger partial charge in [0.2, 0.25) is 0 Å². The van der Waals surface area contributed by atoms with E-state index in [9.17, 15) is 9.59 Å². The van der Waals surface area contributed by atoms with E-state index in [0.29, 0.717) is 15.4 Å². The maximum absolute atomic E-state index is 13.0. The van der Waals surface area contributed by atoms with Crippen LogP contribution in [0.3, 0.4) is 0 Å². The lowest BCUT2D eigenvalue weighted by atomic mass is 10.1. The summed E-state index contributed by atoms with van der Waals surface area (Å²) in [4.78, 5) is 27.3. The van der Waals surface area contributed by atoms with Crippen molar-refractivity contribution in [2.24, 2.45) is 0 Å². The highest BCUT2D eigenvalue weighted by molar-refractivity contribution is 7.17. The lowest BCUT2D eigenvalue weighted by Crippen LogP contribution is -2.17. The molecule has 1 aromatic carbocycles. The topological polar surface area (TPSA) is 58.2 Å². The lowest BCUT2D eigenvalue weighted by Gasteiger charge is -2.11. The maximum atomic E-state index is 13.0. The summed E-state index contributed by atoms with van der Waals surface area (Å²) in [7, 11) is 0. The predicted molar refractivity (Wildman–Crippen MR) is 108 cm³/mol. The predicted octanol–water partition coefficient (Wildman–Crippen LogP) is 5.11. The summed E-state index contributed by atoms with van der Waals surface area (Å²) >= 11 is 2.92. The van der Waals surface area contributed by atoms with E-state index < -0.39 is 0 Å². The number of nitrogens with one attached hydrogen (secondary N) is 2. The molecule has 4 nitrogen and oxygen atoms in total. The van der Waals surface area contributed by atoms with Crippen LogP contribution >= 0.6 is 22.7 Å². The third-order valence-corrected chi connectivity index (χ3v) is 6.59. The summed E-state index contributed by atoms with van der Waals surface area (Å²) in [5.41, 5.74) is 3.51. The molecule has 0 saturated carbocycles. The van der Waals surface area contributed by atoms with Gasteiger partial charge in [0.1, 0.15) is 5.00 Å². The third-order valence-electron chi connectivity index (χ3n) is 4.51. The van der Waals surface area contributed by atoms with Crippen LogP contribution in [0.5, 0.6) is 0 Å². The van der Waals surface area contributed by atoms with E-state index in [1.54, 1.807) is 6.07 Å². The molecule has 6 heteroatoms. The molecule has 4 rings (SSSR count). The minimum atomic E-state index is -0.162. The number of amides is 2. The smallest absolute Gasteiger partial charge is 0.266 e. The molecule has 2 aromatic heterocycles. The summed E-state index contributed by atoms with van der Waals surface area (Å²) in [6, 6.07) is 11.3. The second-order valence-electron chi connectivity index (χ2n) is 6.26. The molecule has 0 bridgehead atoms. The second kappa shape index (κ2) is 7.05. The first-order valence-corrected chi connectivity index (χ1v) is 10.2. The molecule has 26 heavy (non-hydrogen) atoms. The molecule has 1 aliphatic rings. The van der Waals surface area contributed by atoms with Gasteiger partial charge in [-0.25, -0.2) is 0 Å². The van der Waals surface area contributed by atoms with Gasteiger partial charge in [-0.3, -0.25) is 9.59 Å². The molecular weight excluding hydrogens is 364 g/mol. The summed E-state index contributed by atoms with van der Waals surface area (Å²) in [5.74, 6) is -0.315. The highest BCUT2D eigenvalue weighted by Gasteiger charge is 2.28. The van der Waals surface area contributed by atoms with Crippen LogP contribution in [0.2, 0.25) is 0 Å². The maximum Gasteiger partial charge on any atom is 0.266 e. The van der Waals surface area contributed by atoms with Gasteiger partial charge in [-0.15, -0.1) is 22.7 Å². The van der Waals surface area contributed by atoms with Crippen LogP contribution in [0, 0.1) is 6.92 Å². The summed E-state index contributed by atoms with van der Waals surface area (Å²) in [6.07, 6.45) is 2.92. The first-order chi connectivity index (χ1) is 12.6. The lowest BCUT2D eigenvalue weighted by molar-refractivity contribution is 0.102. The van der Waals surface area contributed by atoms with Gasteiger partial charge in [-0.1, -0.05) is 24.3 Å². The van der Waals surface area contributed by atoms with Gasteiger partial charge in [-0.05, 0) is 54.8 Å². The Bertz CT molecular complexity index is 974. The number of hydrogen-bond acceptors (Lipinski definition) is 4. The molecule has 132 valence electrons. The van der Waals surface area contributed by atoms with Crippen LogP contribution in [0.15, 0.2) is 41.8 Å². The molecule has 0 radical (unpaired) electrons. The number of thiophene rings is 2. The molecule has 0 unspecified atom stereocenters. The Hall–Kier alpha value is -2.44. The fourth-order valence-corrected chi connectivity index (χ4v) is 5.10. The van der Waals surface area contributed by atoms with Crippen molar-refractivity contribution in [1.29, 1.82) is 0 Å². The quantitative estimate of drug-likeness (QED) is 0.659. The zero-order valence-corrected chi connectivity index (χ0v) is 15.9. The fourth-order valence-electron chi connectivity index (χ4n) is 3.20. The van der Waals surface area contributed by atoms with Crippen LogP contribution in [0.4, 0.5) is 10.7 Å². The molecule has 3 aromatic rings. The molecular formula is C20H18N2O2S2. The summed E-state index contributed by atoms with van der Waals surface area (Å²) in [5, 5.41) is 8.48. The first-order valence-electron chi connectivity index (χ1n) is 8.50. The van der Waals surface area contributed by atoms with Crippen LogP contribution in [0.1, 0.15) is 42.5 Å². The molecule has 2 N–H and O–H groups in total. The van der Waals surface area contributed by atoms with Gasteiger partial charge in [0.25, 0.3) is 11.8 Å². The van der Waals surface area contributed by atoms with Gasteiger partial charge in [0.05, 0.1) is 10.4 Å². The van der Waals surface area contributed by atoms with Gasteiger partial charge < -0.3 is 10.6 Å². The van der Waals surface area contributed by atoms with E-state index in [2.05, 4.69) is 10.6 Å². The van der Waals surface area contributed by atoms with Crippen molar-refractivity contribution >= 4 is 45.2 Å². The van der Waals surface area contributed by atoms with E-state index >= 15 is 0 Å². The largest absolute Gasteiger partial charge is 0.322 e. The van der Waals surface area contributed by atoms with Crippen molar-refractivity contribution in [1.82, 2.24) is 0 Å². The Kier molecular flexibility index (Phi) is 4.61. The Balaban J connectivity index is 1.65. The molecule has 1 aliphatic carbocycles. The van der Waals surface area contributed by atoms with Gasteiger partial charge >= 0.3 is 0 Å². The van der Waals surface area contributed by atoms with E-state index in [-0.39, 0.29) is 11.8 Å². The van der Waals surface area contributed by atoms with Crippen molar-refractivity contribution in [3.8, 4) is 0 Å². The van der Waals surface area contributed by atoms with Crippen molar-refractivity contribution in [2.45, 2.75) is 26.2 Å². The van der Waals surface area contributed by atoms with Crippen LogP contribution in [0.25, 0.3) is 0 Å². The van der Waals surface area contributed by atoms with Crippen LogP contribution in [-0.2, 0) is 12.8 Å². The molecule has 0 aliphatic heterocycles. The number of hydrogen-bond donors (Lipinski definition) is 2. The Morgan fingerprint density at radius 2 is 1.85 bits per heavy atom. The number of anilines is 2. The Morgan fingerprint density at radius 1 is 1.00 bits per heavy atom. The highest BCUT2D eigenvalue weighted by Crippen LogP contribution is 2.39. The monoisotopic (exact) mass is 382 g/mol. The number of carbonyl (C=O) groups excluding carboxylic acids is 2. The summed E-state index contributed by atoms with van der Waals surface area (Å²) in [6.45, 7) is 1.97. The van der Waals surface area contributed by atoms with E-state index in [0.717, 1.165) is 36.1 Å². The molecule has 0 atom stereocenters. The Morgan fingerprint density at radius 3 is 2.62 bits per heavy atom. The SMILES string of the molecule is Cc1ccccc1NC(=O)c1c(NC(=O)c2cccs2)sc2c1CCC2. The number of rotatable bonds is 4. The minimum absolute atomic E-state index is 0.153. The van der Waals surface area contributed by atoms with Crippen molar-refractivity contribution < 1.29 is 9.59 Å². The van der Waals surface area contributed by atoms with Gasteiger partial charge in [0, 0.05) is 10.6 Å². The standard InChI is InChI=1S/C20H18N2O2S2/c1-12-6-2-3-8-14(12)21-19(24)17-13-7-4-9-15(13)26-20(17)22-18(23)16-10-5-11-25-16/h2-3,5-6,8,10-11H,4,7,9H2,1H3,(H,21,24)(H,22,23). The molecule has 2 amide bonds. The summed E-state index contributed by atoms with van der Waals surface area (Å²) < 4.78 is 0. The molecule has 0 fully saturated rings. The van der Waals surface area contributed by atoms with E-state index in [1.165, 1.54) is 27.6 Å². The van der Waals surface area contributed by atoms with Crippen LogP contribution < -0.4 is 10.6 Å². The average molecular weight is 383 g/mol. The average Bonchev–Trinajstić information content (AvgIpc) is 3.33. The molecule has 0 spiro atoms. The van der Waals surface area contributed by atoms with Gasteiger partial charge in [-0.2, -0.15) is 0 Å². The number of benzene rings is 1. The molecule has 0 saturated heterocycles. The second-order valence-corrected chi connectivity index (χ2v) is 8.31. The van der Waals surface area contributed by atoms with Gasteiger partial charge in [0.15, 0.2) is 0 Å².